The van der Waals surface area contributed by atoms with E-state index in [1.165, 1.54) is 0 Å². The Kier molecular flexibility index (Phi) is 4.42. The molecule has 0 saturated carbocycles. The molecule has 1 fully saturated rings. The van der Waals surface area contributed by atoms with Crippen LogP contribution in [0, 0.1) is 12.8 Å². The van der Waals surface area contributed by atoms with Gasteiger partial charge in [-0.05, 0) is 24.1 Å². The zero-order chi connectivity index (χ0) is 16.2. The van der Waals surface area contributed by atoms with Gasteiger partial charge in [0.2, 0.25) is 11.8 Å². The smallest absolute Gasteiger partial charge is 0.227 e. The van der Waals surface area contributed by atoms with E-state index in [4.69, 9.17) is 0 Å². The second-order valence-electron chi connectivity index (χ2n) is 5.90. The fraction of sp³-hybridized carbons (Fsp3) is 0.263. The minimum atomic E-state index is -0.286. The van der Waals surface area contributed by atoms with E-state index in [1.807, 2.05) is 61.5 Å². The molecule has 0 unspecified atom stereocenters. The number of amides is 2. The highest BCUT2D eigenvalue weighted by molar-refractivity contribution is 6.00. The third-order valence-corrected chi connectivity index (χ3v) is 4.21. The van der Waals surface area contributed by atoms with Gasteiger partial charge in [-0.3, -0.25) is 9.59 Å². The highest BCUT2D eigenvalue weighted by atomic mass is 16.2. The van der Waals surface area contributed by atoms with Crippen molar-refractivity contribution in [1.29, 1.82) is 0 Å². The van der Waals surface area contributed by atoms with Crippen LogP contribution in [0.5, 0.6) is 0 Å². The Morgan fingerprint density at radius 2 is 1.83 bits per heavy atom. The molecule has 2 aromatic carbocycles. The molecule has 118 valence electrons. The minimum absolute atomic E-state index is 0.0131. The van der Waals surface area contributed by atoms with Crippen molar-refractivity contribution in [3.63, 3.8) is 0 Å². The number of para-hydroxylation sites is 1. The average Bonchev–Trinajstić information content (AvgIpc) is 2.96. The van der Waals surface area contributed by atoms with Crippen LogP contribution in [0.4, 0.5) is 5.69 Å². The summed E-state index contributed by atoms with van der Waals surface area (Å²) in [4.78, 5) is 26.3. The van der Waals surface area contributed by atoms with Gasteiger partial charge < -0.3 is 10.2 Å². The van der Waals surface area contributed by atoms with Crippen molar-refractivity contribution in [2.45, 2.75) is 19.9 Å². The molecular weight excluding hydrogens is 288 g/mol. The van der Waals surface area contributed by atoms with Crippen LogP contribution in [0.3, 0.4) is 0 Å². The van der Waals surface area contributed by atoms with Gasteiger partial charge in [-0.15, -0.1) is 0 Å². The van der Waals surface area contributed by atoms with Gasteiger partial charge in [-0.2, -0.15) is 0 Å². The predicted molar refractivity (Wildman–Crippen MR) is 89.9 cm³/mol. The van der Waals surface area contributed by atoms with Crippen molar-refractivity contribution in [3.05, 3.63) is 65.7 Å². The van der Waals surface area contributed by atoms with Gasteiger partial charge in [0.15, 0.2) is 0 Å². The van der Waals surface area contributed by atoms with E-state index >= 15 is 0 Å². The molecule has 1 heterocycles. The van der Waals surface area contributed by atoms with Crippen LogP contribution in [-0.4, -0.2) is 18.4 Å². The quantitative estimate of drug-likeness (QED) is 0.944. The number of hydrogen-bond acceptors (Lipinski definition) is 2. The number of nitrogens with one attached hydrogen (secondary N) is 1. The number of anilines is 1. The first-order valence-corrected chi connectivity index (χ1v) is 7.83. The number of nitrogens with zero attached hydrogens (tertiary/aromatic N) is 1. The average molecular weight is 308 g/mol. The summed E-state index contributed by atoms with van der Waals surface area (Å²) in [6, 6.07) is 17.5. The van der Waals surface area contributed by atoms with Crippen molar-refractivity contribution in [2.24, 2.45) is 5.92 Å². The molecule has 0 aromatic heterocycles. The number of carbonyl (C=O) groups is 2. The zero-order valence-corrected chi connectivity index (χ0v) is 13.2. The number of rotatable bonds is 4. The Balaban J connectivity index is 1.63. The van der Waals surface area contributed by atoms with Gasteiger partial charge >= 0.3 is 0 Å². The van der Waals surface area contributed by atoms with E-state index < -0.39 is 0 Å². The first kappa shape index (κ1) is 15.3. The molecule has 2 aromatic rings. The maximum Gasteiger partial charge on any atom is 0.227 e. The summed E-state index contributed by atoms with van der Waals surface area (Å²) in [6.45, 7) is 2.92. The van der Waals surface area contributed by atoms with Gasteiger partial charge in [-0.25, -0.2) is 0 Å². The summed E-state index contributed by atoms with van der Waals surface area (Å²) in [7, 11) is 0. The van der Waals surface area contributed by atoms with Crippen LogP contribution in [0.25, 0.3) is 0 Å². The van der Waals surface area contributed by atoms with Crippen molar-refractivity contribution in [3.8, 4) is 0 Å². The largest absolute Gasteiger partial charge is 0.352 e. The minimum Gasteiger partial charge on any atom is -0.352 e. The lowest BCUT2D eigenvalue weighted by atomic mass is 10.1. The normalized spacial score (nSPS) is 17.3. The lowest BCUT2D eigenvalue weighted by molar-refractivity contribution is -0.126. The van der Waals surface area contributed by atoms with Crippen molar-refractivity contribution >= 4 is 17.5 Å². The molecule has 1 aliphatic heterocycles. The van der Waals surface area contributed by atoms with Crippen molar-refractivity contribution in [2.75, 3.05) is 11.4 Å². The van der Waals surface area contributed by atoms with E-state index in [2.05, 4.69) is 5.32 Å². The first-order chi connectivity index (χ1) is 11.1. The Bertz CT molecular complexity index is 712. The van der Waals surface area contributed by atoms with Crippen molar-refractivity contribution in [1.82, 2.24) is 5.32 Å². The van der Waals surface area contributed by atoms with Crippen LogP contribution in [0.1, 0.15) is 17.5 Å². The molecule has 3 rings (SSSR count). The molecule has 4 heteroatoms. The van der Waals surface area contributed by atoms with Crippen LogP contribution in [-0.2, 0) is 16.1 Å². The highest BCUT2D eigenvalue weighted by Gasteiger charge is 2.35. The number of aryl methyl sites for hydroxylation is 1. The van der Waals surface area contributed by atoms with E-state index in [9.17, 15) is 9.59 Å². The number of carbonyl (C=O) groups excluding carboxylic acids is 2. The molecule has 1 aliphatic rings. The number of benzene rings is 2. The maximum absolute atomic E-state index is 12.3. The number of hydrogen-bond donors (Lipinski definition) is 1. The topological polar surface area (TPSA) is 49.4 Å². The van der Waals surface area contributed by atoms with Gasteiger partial charge in [-0.1, -0.05) is 48.5 Å². The van der Waals surface area contributed by atoms with Crippen LogP contribution < -0.4 is 10.2 Å². The monoisotopic (exact) mass is 308 g/mol. The SMILES string of the molecule is Cc1ccccc1N1C[C@@H](C(=O)NCc2ccccc2)CC1=O. The fourth-order valence-corrected chi connectivity index (χ4v) is 2.91. The van der Waals surface area contributed by atoms with E-state index in [1.54, 1.807) is 4.90 Å². The summed E-state index contributed by atoms with van der Waals surface area (Å²) in [5.41, 5.74) is 3.00. The molecule has 1 atom stereocenters. The molecular formula is C19H20N2O2. The Labute approximate surface area is 136 Å². The summed E-state index contributed by atoms with van der Waals surface area (Å²) in [5.74, 6) is -0.330. The molecule has 23 heavy (non-hydrogen) atoms. The van der Waals surface area contributed by atoms with Gasteiger partial charge in [0, 0.05) is 25.2 Å². The lowest BCUT2D eigenvalue weighted by Crippen LogP contribution is -2.32. The standard InChI is InChI=1S/C19H20N2O2/c1-14-7-5-6-10-17(14)21-13-16(11-18(21)22)19(23)20-12-15-8-3-2-4-9-15/h2-10,16H,11-13H2,1H3,(H,20,23)/t16-/m0/s1. The summed E-state index contributed by atoms with van der Waals surface area (Å²) >= 11 is 0. The van der Waals surface area contributed by atoms with Gasteiger partial charge in [0.05, 0.1) is 5.92 Å². The van der Waals surface area contributed by atoms with Crippen LogP contribution in [0.2, 0.25) is 0 Å². The fourth-order valence-electron chi connectivity index (χ4n) is 2.91. The second kappa shape index (κ2) is 6.65. The second-order valence-corrected chi connectivity index (χ2v) is 5.90. The molecule has 2 amide bonds. The van der Waals surface area contributed by atoms with Crippen molar-refractivity contribution < 1.29 is 9.59 Å². The Hall–Kier alpha value is -2.62. The molecule has 0 aliphatic carbocycles. The molecule has 1 N–H and O–H groups in total. The Morgan fingerprint density at radius 1 is 1.13 bits per heavy atom. The third kappa shape index (κ3) is 3.42. The predicted octanol–water partition coefficient (Wildman–Crippen LogP) is 2.66. The summed E-state index contributed by atoms with van der Waals surface area (Å²) in [6.07, 6.45) is 0.273. The first-order valence-electron chi connectivity index (χ1n) is 7.83. The molecule has 0 bridgehead atoms. The van der Waals surface area contributed by atoms with Crippen LogP contribution in [0.15, 0.2) is 54.6 Å². The van der Waals surface area contributed by atoms with Gasteiger partial charge in [0.1, 0.15) is 0 Å². The third-order valence-electron chi connectivity index (χ3n) is 4.21. The van der Waals surface area contributed by atoms with E-state index in [-0.39, 0.29) is 24.2 Å². The summed E-state index contributed by atoms with van der Waals surface area (Å²) in [5, 5.41) is 2.93. The molecule has 1 saturated heterocycles. The van der Waals surface area contributed by atoms with Crippen LogP contribution >= 0.6 is 0 Å². The summed E-state index contributed by atoms with van der Waals surface area (Å²) < 4.78 is 0. The highest BCUT2D eigenvalue weighted by Crippen LogP contribution is 2.27. The van der Waals surface area contributed by atoms with Gasteiger partial charge in [0.25, 0.3) is 0 Å². The lowest BCUT2D eigenvalue weighted by Gasteiger charge is -2.19. The maximum atomic E-state index is 12.3. The zero-order valence-electron chi connectivity index (χ0n) is 13.2. The van der Waals surface area contributed by atoms with E-state index in [0.29, 0.717) is 13.1 Å². The molecule has 0 spiro atoms. The Morgan fingerprint density at radius 3 is 2.57 bits per heavy atom. The molecule has 4 nitrogen and oxygen atoms in total. The van der Waals surface area contributed by atoms with E-state index in [0.717, 1.165) is 16.8 Å². The molecule has 0 radical (unpaired) electrons.